The Morgan fingerprint density at radius 1 is 1.15 bits per heavy atom. The standard InChI is InChI=1S/C19H23N5O2/c1-13-17(12-20-19(21-13)24-9-7-23(3)8-10-24)18(26)22-16-6-4-5-15(11-16)14(2)25/h4-6,11-12H,7-10H2,1-3H3,(H,22,26). The quantitative estimate of drug-likeness (QED) is 0.847. The SMILES string of the molecule is CC(=O)c1cccc(NC(=O)c2cnc(N3CCN(C)CC3)nc2C)c1. The fraction of sp³-hybridized carbons (Fsp3) is 0.368. The molecule has 0 spiro atoms. The summed E-state index contributed by atoms with van der Waals surface area (Å²) in [5.74, 6) is 0.330. The van der Waals surface area contributed by atoms with Gasteiger partial charge < -0.3 is 15.1 Å². The number of nitrogens with zero attached hydrogens (tertiary/aromatic N) is 4. The van der Waals surface area contributed by atoms with Gasteiger partial charge in [0.1, 0.15) is 0 Å². The first-order valence-electron chi connectivity index (χ1n) is 8.63. The molecule has 7 nitrogen and oxygen atoms in total. The number of aromatic nitrogens is 2. The minimum atomic E-state index is -0.284. The van der Waals surface area contributed by atoms with Gasteiger partial charge in [-0.3, -0.25) is 9.59 Å². The molecular formula is C19H23N5O2. The highest BCUT2D eigenvalue weighted by Crippen LogP contribution is 2.16. The van der Waals surface area contributed by atoms with E-state index in [1.54, 1.807) is 30.5 Å². The number of Topliss-reactive ketones (excluding diaryl/α,β-unsaturated/α-hetero) is 1. The van der Waals surface area contributed by atoms with E-state index >= 15 is 0 Å². The average Bonchev–Trinajstić information content (AvgIpc) is 2.62. The first kappa shape index (κ1) is 18.0. The lowest BCUT2D eigenvalue weighted by Gasteiger charge is -2.32. The van der Waals surface area contributed by atoms with Gasteiger partial charge in [0.25, 0.3) is 5.91 Å². The monoisotopic (exact) mass is 353 g/mol. The minimum Gasteiger partial charge on any atom is -0.338 e. The minimum absolute atomic E-state index is 0.0443. The third-order valence-electron chi connectivity index (χ3n) is 4.52. The molecule has 0 radical (unpaired) electrons. The number of amides is 1. The largest absolute Gasteiger partial charge is 0.338 e. The average molecular weight is 353 g/mol. The molecule has 0 bridgehead atoms. The van der Waals surface area contributed by atoms with Crippen LogP contribution >= 0.6 is 0 Å². The molecule has 1 saturated heterocycles. The van der Waals surface area contributed by atoms with Crippen molar-refractivity contribution >= 4 is 23.3 Å². The fourth-order valence-electron chi connectivity index (χ4n) is 2.85. The number of ketones is 1. The Morgan fingerprint density at radius 3 is 2.54 bits per heavy atom. The van der Waals surface area contributed by atoms with Gasteiger partial charge in [0.05, 0.1) is 11.3 Å². The molecule has 1 fully saturated rings. The van der Waals surface area contributed by atoms with Crippen LogP contribution in [0.25, 0.3) is 0 Å². The third-order valence-corrected chi connectivity index (χ3v) is 4.52. The number of hydrogen-bond donors (Lipinski definition) is 1. The third kappa shape index (κ3) is 4.05. The molecule has 136 valence electrons. The van der Waals surface area contributed by atoms with E-state index in [0.29, 0.717) is 28.5 Å². The zero-order valence-corrected chi connectivity index (χ0v) is 15.3. The Morgan fingerprint density at radius 2 is 1.88 bits per heavy atom. The number of carbonyl (C=O) groups excluding carboxylic acids is 2. The lowest BCUT2D eigenvalue weighted by atomic mass is 10.1. The summed E-state index contributed by atoms with van der Waals surface area (Å²) in [6, 6.07) is 6.87. The van der Waals surface area contributed by atoms with Crippen molar-refractivity contribution in [1.29, 1.82) is 0 Å². The van der Waals surface area contributed by atoms with Crippen molar-refractivity contribution in [3.8, 4) is 0 Å². The molecule has 0 unspecified atom stereocenters. The van der Waals surface area contributed by atoms with E-state index in [0.717, 1.165) is 26.2 Å². The molecule has 1 aliphatic rings. The van der Waals surface area contributed by atoms with Gasteiger partial charge in [0.15, 0.2) is 5.78 Å². The van der Waals surface area contributed by atoms with E-state index in [2.05, 4.69) is 32.1 Å². The molecule has 2 heterocycles. The summed E-state index contributed by atoms with van der Waals surface area (Å²) in [4.78, 5) is 37.3. The van der Waals surface area contributed by atoms with Gasteiger partial charge >= 0.3 is 0 Å². The van der Waals surface area contributed by atoms with Crippen LogP contribution in [0.5, 0.6) is 0 Å². The highest BCUT2D eigenvalue weighted by molar-refractivity contribution is 6.05. The van der Waals surface area contributed by atoms with Crippen LogP contribution < -0.4 is 10.2 Å². The van der Waals surface area contributed by atoms with Gasteiger partial charge in [-0.1, -0.05) is 12.1 Å². The Hall–Kier alpha value is -2.80. The second-order valence-electron chi connectivity index (χ2n) is 6.55. The first-order chi connectivity index (χ1) is 12.4. The van der Waals surface area contributed by atoms with Crippen LogP contribution in [0, 0.1) is 6.92 Å². The topological polar surface area (TPSA) is 78.4 Å². The van der Waals surface area contributed by atoms with Crippen LogP contribution in [-0.4, -0.2) is 59.8 Å². The molecule has 7 heteroatoms. The molecule has 1 N–H and O–H groups in total. The number of nitrogens with one attached hydrogen (secondary N) is 1. The van der Waals surface area contributed by atoms with E-state index in [9.17, 15) is 9.59 Å². The van der Waals surface area contributed by atoms with Crippen LogP contribution in [0.15, 0.2) is 30.5 Å². The van der Waals surface area contributed by atoms with Crippen molar-refractivity contribution in [2.75, 3.05) is 43.4 Å². The summed E-state index contributed by atoms with van der Waals surface area (Å²) in [5.41, 5.74) is 2.19. The molecule has 2 aromatic rings. The fourth-order valence-corrected chi connectivity index (χ4v) is 2.85. The number of likely N-dealkylation sites (N-methyl/N-ethyl adjacent to an activating group) is 1. The van der Waals surface area contributed by atoms with E-state index in [1.165, 1.54) is 6.92 Å². The van der Waals surface area contributed by atoms with Crippen molar-refractivity contribution in [2.45, 2.75) is 13.8 Å². The number of anilines is 2. The maximum atomic E-state index is 12.6. The van der Waals surface area contributed by atoms with E-state index < -0.39 is 0 Å². The maximum Gasteiger partial charge on any atom is 0.259 e. The van der Waals surface area contributed by atoms with Crippen LogP contribution in [0.2, 0.25) is 0 Å². The molecule has 0 aliphatic carbocycles. The summed E-state index contributed by atoms with van der Waals surface area (Å²) >= 11 is 0. The van der Waals surface area contributed by atoms with Crippen molar-refractivity contribution in [3.63, 3.8) is 0 Å². The van der Waals surface area contributed by atoms with Gasteiger partial charge in [0.2, 0.25) is 5.95 Å². The Labute approximate surface area is 153 Å². The van der Waals surface area contributed by atoms with Gasteiger partial charge in [0, 0.05) is 43.6 Å². The summed E-state index contributed by atoms with van der Waals surface area (Å²) in [7, 11) is 2.10. The van der Waals surface area contributed by atoms with Crippen LogP contribution in [0.3, 0.4) is 0 Å². The van der Waals surface area contributed by atoms with E-state index in [-0.39, 0.29) is 11.7 Å². The predicted molar refractivity (Wildman–Crippen MR) is 101 cm³/mol. The van der Waals surface area contributed by atoms with Gasteiger partial charge in [-0.15, -0.1) is 0 Å². The Kier molecular flexibility index (Phi) is 5.27. The van der Waals surface area contributed by atoms with Crippen LogP contribution in [0.1, 0.15) is 33.3 Å². The molecule has 1 amide bonds. The maximum absolute atomic E-state index is 12.6. The van der Waals surface area contributed by atoms with Crippen molar-refractivity contribution in [2.24, 2.45) is 0 Å². The molecule has 1 aliphatic heterocycles. The number of benzene rings is 1. The zero-order chi connectivity index (χ0) is 18.7. The highest BCUT2D eigenvalue weighted by Gasteiger charge is 2.19. The number of hydrogen-bond acceptors (Lipinski definition) is 6. The van der Waals surface area contributed by atoms with Crippen molar-refractivity contribution in [1.82, 2.24) is 14.9 Å². The highest BCUT2D eigenvalue weighted by atomic mass is 16.1. The normalized spacial score (nSPS) is 15.0. The number of piperazine rings is 1. The molecular weight excluding hydrogens is 330 g/mol. The summed E-state index contributed by atoms with van der Waals surface area (Å²) in [5, 5.41) is 2.81. The summed E-state index contributed by atoms with van der Waals surface area (Å²) in [6.07, 6.45) is 1.57. The molecule has 0 saturated carbocycles. The second kappa shape index (κ2) is 7.61. The second-order valence-corrected chi connectivity index (χ2v) is 6.55. The first-order valence-corrected chi connectivity index (χ1v) is 8.63. The molecule has 3 rings (SSSR count). The molecule has 1 aromatic carbocycles. The Balaban J connectivity index is 1.74. The molecule has 0 atom stereocenters. The zero-order valence-electron chi connectivity index (χ0n) is 15.3. The van der Waals surface area contributed by atoms with Gasteiger partial charge in [-0.05, 0) is 33.0 Å². The van der Waals surface area contributed by atoms with Crippen molar-refractivity contribution < 1.29 is 9.59 Å². The van der Waals surface area contributed by atoms with E-state index in [1.807, 2.05) is 6.92 Å². The molecule has 1 aromatic heterocycles. The predicted octanol–water partition coefficient (Wildman–Crippen LogP) is 1.99. The van der Waals surface area contributed by atoms with Gasteiger partial charge in [-0.25, -0.2) is 9.97 Å². The van der Waals surface area contributed by atoms with Crippen LogP contribution in [-0.2, 0) is 0 Å². The summed E-state index contributed by atoms with van der Waals surface area (Å²) < 4.78 is 0. The number of rotatable bonds is 4. The smallest absolute Gasteiger partial charge is 0.259 e. The number of aryl methyl sites for hydroxylation is 1. The van der Waals surface area contributed by atoms with Gasteiger partial charge in [-0.2, -0.15) is 0 Å². The van der Waals surface area contributed by atoms with E-state index in [4.69, 9.17) is 0 Å². The number of carbonyl (C=O) groups is 2. The Bertz CT molecular complexity index is 828. The lowest BCUT2D eigenvalue weighted by molar-refractivity contribution is 0.101. The lowest BCUT2D eigenvalue weighted by Crippen LogP contribution is -2.45. The molecule has 26 heavy (non-hydrogen) atoms. The summed E-state index contributed by atoms with van der Waals surface area (Å²) in [6.45, 7) is 6.99. The van der Waals surface area contributed by atoms with Crippen LogP contribution in [0.4, 0.5) is 11.6 Å². The van der Waals surface area contributed by atoms with Crippen molar-refractivity contribution in [3.05, 3.63) is 47.3 Å².